The van der Waals surface area contributed by atoms with Gasteiger partial charge in [-0.15, -0.1) is 0 Å². The van der Waals surface area contributed by atoms with Crippen LogP contribution < -0.4 is 0 Å². The average Bonchev–Trinajstić information content (AvgIpc) is 2.63. The van der Waals surface area contributed by atoms with Gasteiger partial charge in [0.2, 0.25) is 0 Å². The van der Waals surface area contributed by atoms with E-state index in [0.29, 0.717) is 17.7 Å². The molecule has 78 valence electrons. The average molecular weight is 205 g/mol. The van der Waals surface area contributed by atoms with Gasteiger partial charge >= 0.3 is 5.97 Å². The Morgan fingerprint density at radius 3 is 2.93 bits per heavy atom. The number of fused-ring (bicyclic) bond motifs is 1. The van der Waals surface area contributed by atoms with Crippen LogP contribution in [0.2, 0.25) is 0 Å². The van der Waals surface area contributed by atoms with Gasteiger partial charge in [-0.05, 0) is 18.6 Å². The Bertz CT molecular complexity index is 489. The molecule has 1 unspecified atom stereocenters. The molecule has 0 amide bonds. The number of aliphatic carboxylic acids is 1. The van der Waals surface area contributed by atoms with Crippen LogP contribution in [-0.2, 0) is 4.79 Å². The van der Waals surface area contributed by atoms with Crippen molar-refractivity contribution in [3.63, 3.8) is 0 Å². The summed E-state index contributed by atoms with van der Waals surface area (Å²) in [4.78, 5) is 11.0. The predicted octanol–water partition coefficient (Wildman–Crippen LogP) is 2.41. The lowest BCUT2D eigenvalue weighted by Crippen LogP contribution is -2.10. The number of nitrogens with zero attached hydrogens (tertiary/aromatic N) is 1. The number of rotatable bonds is 3. The number of carboxylic acid groups (broad SMARTS) is 1. The first-order valence-electron chi connectivity index (χ1n) is 4.81. The number of benzene rings is 1. The Labute approximate surface area is 86.5 Å². The maximum Gasteiger partial charge on any atom is 0.312 e. The van der Waals surface area contributed by atoms with Crippen molar-refractivity contribution in [1.82, 2.24) is 5.16 Å². The second kappa shape index (κ2) is 3.73. The standard InChI is InChI=1S/C11H11NO3/c1-2-7(11(13)14)10-8-5-3-4-6-9(8)15-12-10/h3-7H,2H2,1H3,(H,13,14). The van der Waals surface area contributed by atoms with Crippen molar-refractivity contribution < 1.29 is 14.4 Å². The fraction of sp³-hybridized carbons (Fsp3) is 0.273. The van der Waals surface area contributed by atoms with Gasteiger partial charge in [0.25, 0.3) is 0 Å². The maximum atomic E-state index is 11.0. The van der Waals surface area contributed by atoms with Crippen molar-refractivity contribution in [3.05, 3.63) is 30.0 Å². The van der Waals surface area contributed by atoms with E-state index in [1.54, 1.807) is 6.07 Å². The lowest BCUT2D eigenvalue weighted by Gasteiger charge is -2.04. The van der Waals surface area contributed by atoms with Gasteiger partial charge in [0.05, 0.1) is 0 Å². The first-order chi connectivity index (χ1) is 7.24. The molecule has 4 heteroatoms. The summed E-state index contributed by atoms with van der Waals surface area (Å²) >= 11 is 0. The highest BCUT2D eigenvalue weighted by Gasteiger charge is 2.23. The van der Waals surface area contributed by atoms with E-state index in [1.165, 1.54) is 0 Å². The largest absolute Gasteiger partial charge is 0.481 e. The number of hydrogen-bond donors (Lipinski definition) is 1. The van der Waals surface area contributed by atoms with Crippen molar-refractivity contribution in [2.75, 3.05) is 0 Å². The van der Waals surface area contributed by atoms with Crippen LogP contribution in [0.3, 0.4) is 0 Å². The quantitative estimate of drug-likeness (QED) is 0.835. The Morgan fingerprint density at radius 1 is 1.53 bits per heavy atom. The fourth-order valence-corrected chi connectivity index (χ4v) is 1.64. The van der Waals surface area contributed by atoms with Crippen LogP contribution in [0.1, 0.15) is 25.0 Å². The summed E-state index contributed by atoms with van der Waals surface area (Å²) in [6, 6.07) is 7.28. The molecule has 1 aromatic carbocycles. The van der Waals surface area contributed by atoms with E-state index >= 15 is 0 Å². The van der Waals surface area contributed by atoms with Gasteiger partial charge in [-0.25, -0.2) is 0 Å². The van der Waals surface area contributed by atoms with Crippen LogP contribution in [0.4, 0.5) is 0 Å². The molecule has 15 heavy (non-hydrogen) atoms. The van der Waals surface area contributed by atoms with Crippen LogP contribution >= 0.6 is 0 Å². The highest BCUT2D eigenvalue weighted by Crippen LogP contribution is 2.26. The van der Waals surface area contributed by atoms with Crippen LogP contribution in [0.5, 0.6) is 0 Å². The van der Waals surface area contributed by atoms with Gasteiger partial charge in [0.1, 0.15) is 11.6 Å². The summed E-state index contributed by atoms with van der Waals surface area (Å²) in [5.74, 6) is -1.45. The van der Waals surface area contributed by atoms with E-state index < -0.39 is 11.9 Å². The zero-order valence-corrected chi connectivity index (χ0v) is 8.30. The minimum absolute atomic E-state index is 0.506. The van der Waals surface area contributed by atoms with Crippen LogP contribution in [0.25, 0.3) is 11.0 Å². The van der Waals surface area contributed by atoms with Gasteiger partial charge in [-0.2, -0.15) is 0 Å². The maximum absolute atomic E-state index is 11.0. The summed E-state index contributed by atoms with van der Waals surface area (Å²) in [5, 5.41) is 13.6. The zero-order valence-electron chi connectivity index (χ0n) is 8.30. The topological polar surface area (TPSA) is 63.3 Å². The summed E-state index contributed by atoms with van der Waals surface area (Å²) in [6.45, 7) is 1.82. The van der Waals surface area contributed by atoms with E-state index in [4.69, 9.17) is 9.63 Å². The molecule has 1 N–H and O–H groups in total. The molecule has 0 bridgehead atoms. The van der Waals surface area contributed by atoms with E-state index in [0.717, 1.165) is 5.39 Å². The Kier molecular flexibility index (Phi) is 2.41. The smallest absolute Gasteiger partial charge is 0.312 e. The molecule has 2 rings (SSSR count). The molecule has 0 fully saturated rings. The van der Waals surface area contributed by atoms with E-state index in [1.807, 2.05) is 25.1 Å². The Hall–Kier alpha value is -1.84. The summed E-state index contributed by atoms with van der Waals surface area (Å²) < 4.78 is 5.07. The number of aromatic nitrogens is 1. The summed E-state index contributed by atoms with van der Waals surface area (Å²) in [5.41, 5.74) is 1.15. The molecule has 0 saturated carbocycles. The first-order valence-corrected chi connectivity index (χ1v) is 4.81. The van der Waals surface area contributed by atoms with Crippen molar-refractivity contribution in [2.45, 2.75) is 19.3 Å². The normalized spacial score (nSPS) is 12.9. The lowest BCUT2D eigenvalue weighted by atomic mass is 10.00. The monoisotopic (exact) mass is 205 g/mol. The first kappa shape index (κ1) is 9.71. The van der Waals surface area contributed by atoms with Crippen molar-refractivity contribution >= 4 is 16.9 Å². The molecule has 0 aliphatic heterocycles. The molecule has 0 aliphatic rings. The molecule has 0 spiro atoms. The Morgan fingerprint density at radius 2 is 2.27 bits per heavy atom. The molecule has 4 nitrogen and oxygen atoms in total. The Balaban J connectivity index is 2.55. The van der Waals surface area contributed by atoms with E-state index in [2.05, 4.69) is 5.16 Å². The molecular weight excluding hydrogens is 194 g/mol. The fourth-order valence-electron chi connectivity index (χ4n) is 1.64. The number of carbonyl (C=O) groups is 1. The van der Waals surface area contributed by atoms with Crippen LogP contribution in [0.15, 0.2) is 28.8 Å². The van der Waals surface area contributed by atoms with Crippen molar-refractivity contribution in [1.29, 1.82) is 0 Å². The molecule has 0 saturated heterocycles. The SMILES string of the molecule is CCC(C(=O)O)c1noc2ccccc12. The van der Waals surface area contributed by atoms with Gasteiger partial charge < -0.3 is 9.63 Å². The number of carboxylic acids is 1. The lowest BCUT2D eigenvalue weighted by molar-refractivity contribution is -0.139. The van der Waals surface area contributed by atoms with Crippen molar-refractivity contribution in [3.8, 4) is 0 Å². The highest BCUT2D eigenvalue weighted by atomic mass is 16.5. The van der Waals surface area contributed by atoms with Crippen LogP contribution in [0, 0.1) is 0 Å². The second-order valence-corrected chi connectivity index (χ2v) is 3.36. The third kappa shape index (κ3) is 1.58. The summed E-state index contributed by atoms with van der Waals surface area (Å²) in [7, 11) is 0. The summed E-state index contributed by atoms with van der Waals surface area (Å²) in [6.07, 6.45) is 0.506. The molecule has 1 atom stereocenters. The number of para-hydroxylation sites is 1. The molecule has 0 aliphatic carbocycles. The molecular formula is C11H11NO3. The van der Waals surface area contributed by atoms with E-state index in [-0.39, 0.29) is 0 Å². The van der Waals surface area contributed by atoms with Gasteiger partial charge in [0, 0.05) is 5.39 Å². The second-order valence-electron chi connectivity index (χ2n) is 3.36. The molecule has 1 heterocycles. The zero-order chi connectivity index (χ0) is 10.8. The molecule has 1 aromatic heterocycles. The minimum atomic E-state index is -0.864. The molecule has 0 radical (unpaired) electrons. The molecule has 2 aromatic rings. The van der Waals surface area contributed by atoms with Gasteiger partial charge in [-0.1, -0.05) is 24.2 Å². The van der Waals surface area contributed by atoms with Crippen LogP contribution in [-0.4, -0.2) is 16.2 Å². The predicted molar refractivity (Wildman–Crippen MR) is 54.7 cm³/mol. The van der Waals surface area contributed by atoms with Crippen molar-refractivity contribution in [2.24, 2.45) is 0 Å². The third-order valence-electron chi connectivity index (χ3n) is 2.44. The minimum Gasteiger partial charge on any atom is -0.481 e. The highest BCUT2D eigenvalue weighted by molar-refractivity contribution is 5.86. The van der Waals surface area contributed by atoms with Gasteiger partial charge in [0.15, 0.2) is 5.58 Å². The van der Waals surface area contributed by atoms with Gasteiger partial charge in [-0.3, -0.25) is 4.79 Å². The third-order valence-corrected chi connectivity index (χ3v) is 2.44. The number of hydrogen-bond acceptors (Lipinski definition) is 3. The van der Waals surface area contributed by atoms with E-state index in [9.17, 15) is 4.79 Å².